The summed E-state index contributed by atoms with van der Waals surface area (Å²) in [4.78, 5) is 12.7. The predicted octanol–water partition coefficient (Wildman–Crippen LogP) is 4.98. The number of sulfonamides is 1. The lowest BCUT2D eigenvalue weighted by atomic mass is 10.3. The molecule has 2 aromatic carbocycles. The van der Waals surface area contributed by atoms with Gasteiger partial charge in [-0.2, -0.15) is 11.8 Å². The van der Waals surface area contributed by atoms with Crippen LogP contribution in [0.2, 0.25) is 10.0 Å². The van der Waals surface area contributed by atoms with Gasteiger partial charge in [0, 0.05) is 22.6 Å². The lowest BCUT2D eigenvalue weighted by molar-refractivity contribution is -0.119. The SMILES string of the molecule is O=C(CN(c1ccc(Cl)cc1Cl)S(=O)(=O)c1ccccc1)NCCSC1CCCC1. The largest absolute Gasteiger partial charge is 0.354 e. The van der Waals surface area contributed by atoms with E-state index in [1.54, 1.807) is 24.3 Å². The number of carbonyl (C=O) groups is 1. The molecule has 1 aliphatic rings. The van der Waals surface area contributed by atoms with Crippen molar-refractivity contribution >= 4 is 56.6 Å². The van der Waals surface area contributed by atoms with E-state index in [4.69, 9.17) is 23.2 Å². The molecule has 0 unspecified atom stereocenters. The van der Waals surface area contributed by atoms with Crippen molar-refractivity contribution in [3.8, 4) is 0 Å². The van der Waals surface area contributed by atoms with E-state index in [-0.39, 0.29) is 28.1 Å². The van der Waals surface area contributed by atoms with Crippen LogP contribution in [0.15, 0.2) is 53.4 Å². The molecule has 1 amide bonds. The second-order valence-corrected chi connectivity index (χ2v) is 11.2. The number of thioether (sulfide) groups is 1. The van der Waals surface area contributed by atoms with Gasteiger partial charge in [-0.05, 0) is 43.2 Å². The smallest absolute Gasteiger partial charge is 0.264 e. The van der Waals surface area contributed by atoms with E-state index >= 15 is 0 Å². The molecule has 30 heavy (non-hydrogen) atoms. The molecule has 3 rings (SSSR count). The molecule has 1 N–H and O–H groups in total. The second kappa shape index (κ2) is 10.8. The second-order valence-electron chi connectivity index (χ2n) is 7.05. The lowest BCUT2D eigenvalue weighted by Crippen LogP contribution is -2.41. The standard InChI is InChI=1S/C21H24Cl2N2O3S2/c22-16-10-11-20(19(23)14-16)25(30(27,28)18-8-2-1-3-9-18)15-21(26)24-12-13-29-17-6-4-5-7-17/h1-3,8-11,14,17H,4-7,12-13,15H2,(H,24,26). The summed E-state index contributed by atoms with van der Waals surface area (Å²) in [7, 11) is -3.99. The fourth-order valence-electron chi connectivity index (χ4n) is 3.36. The zero-order valence-corrected chi connectivity index (χ0v) is 19.5. The minimum Gasteiger partial charge on any atom is -0.354 e. The van der Waals surface area contributed by atoms with E-state index in [2.05, 4.69) is 5.32 Å². The third kappa shape index (κ3) is 6.06. The van der Waals surface area contributed by atoms with Crippen LogP contribution in [0.3, 0.4) is 0 Å². The van der Waals surface area contributed by atoms with Crippen LogP contribution in [-0.2, 0) is 14.8 Å². The molecule has 5 nitrogen and oxygen atoms in total. The first-order valence-corrected chi connectivity index (χ1v) is 13.0. The number of nitrogens with zero attached hydrogens (tertiary/aromatic N) is 1. The molecule has 2 aromatic rings. The Hall–Kier alpha value is -1.41. The van der Waals surface area contributed by atoms with E-state index in [1.165, 1.54) is 49.9 Å². The van der Waals surface area contributed by atoms with Crippen molar-refractivity contribution in [2.75, 3.05) is 23.1 Å². The molecule has 0 atom stereocenters. The van der Waals surface area contributed by atoms with Gasteiger partial charge < -0.3 is 5.32 Å². The molecule has 0 spiro atoms. The Morgan fingerprint density at radius 2 is 1.80 bits per heavy atom. The maximum absolute atomic E-state index is 13.3. The summed E-state index contributed by atoms with van der Waals surface area (Å²) in [5.74, 6) is 0.427. The van der Waals surface area contributed by atoms with Gasteiger partial charge in [0.15, 0.2) is 0 Å². The van der Waals surface area contributed by atoms with Crippen molar-refractivity contribution < 1.29 is 13.2 Å². The van der Waals surface area contributed by atoms with Gasteiger partial charge in [-0.1, -0.05) is 54.2 Å². The van der Waals surface area contributed by atoms with Gasteiger partial charge in [0.2, 0.25) is 5.91 Å². The van der Waals surface area contributed by atoms with Crippen LogP contribution in [0.4, 0.5) is 5.69 Å². The molecule has 9 heteroatoms. The molecule has 1 fully saturated rings. The lowest BCUT2D eigenvalue weighted by Gasteiger charge is -2.25. The quantitative estimate of drug-likeness (QED) is 0.507. The first-order chi connectivity index (χ1) is 14.4. The number of hydrogen-bond acceptors (Lipinski definition) is 4. The average molecular weight is 487 g/mol. The van der Waals surface area contributed by atoms with Crippen LogP contribution < -0.4 is 9.62 Å². The van der Waals surface area contributed by atoms with Gasteiger partial charge >= 0.3 is 0 Å². The molecule has 0 aliphatic heterocycles. The molecule has 0 bridgehead atoms. The molecule has 0 heterocycles. The minimum atomic E-state index is -3.99. The van der Waals surface area contributed by atoms with Crippen LogP contribution in [-0.4, -0.2) is 38.4 Å². The Kier molecular flexibility index (Phi) is 8.34. The van der Waals surface area contributed by atoms with Crippen LogP contribution >= 0.6 is 35.0 Å². The molecule has 0 radical (unpaired) electrons. The molecule has 0 saturated heterocycles. The minimum absolute atomic E-state index is 0.0839. The normalized spacial score (nSPS) is 14.6. The number of benzene rings is 2. The Labute approximate surface area is 192 Å². The molecular weight excluding hydrogens is 463 g/mol. The summed E-state index contributed by atoms with van der Waals surface area (Å²) in [6.45, 7) is 0.125. The highest BCUT2D eigenvalue weighted by Gasteiger charge is 2.28. The number of rotatable bonds is 9. The number of hydrogen-bond donors (Lipinski definition) is 1. The van der Waals surface area contributed by atoms with E-state index in [1.807, 2.05) is 11.8 Å². The van der Waals surface area contributed by atoms with E-state index in [0.29, 0.717) is 16.8 Å². The maximum Gasteiger partial charge on any atom is 0.264 e. The summed E-state index contributed by atoms with van der Waals surface area (Å²) in [6.07, 6.45) is 5.02. The monoisotopic (exact) mass is 486 g/mol. The van der Waals surface area contributed by atoms with Crippen LogP contribution in [0.25, 0.3) is 0 Å². The summed E-state index contributed by atoms with van der Waals surface area (Å²) in [6, 6.07) is 12.5. The fourth-order valence-corrected chi connectivity index (χ4v) is 6.60. The topological polar surface area (TPSA) is 66.5 Å². The van der Waals surface area contributed by atoms with E-state index < -0.39 is 10.0 Å². The van der Waals surface area contributed by atoms with Gasteiger partial charge in [-0.25, -0.2) is 8.42 Å². The van der Waals surface area contributed by atoms with Crippen molar-refractivity contribution in [1.82, 2.24) is 5.32 Å². The van der Waals surface area contributed by atoms with E-state index in [9.17, 15) is 13.2 Å². The Bertz CT molecular complexity index is 965. The van der Waals surface area contributed by atoms with Crippen molar-refractivity contribution in [2.45, 2.75) is 35.8 Å². The van der Waals surface area contributed by atoms with Crippen molar-refractivity contribution in [3.05, 3.63) is 58.6 Å². The Morgan fingerprint density at radius 1 is 1.10 bits per heavy atom. The Morgan fingerprint density at radius 3 is 2.47 bits per heavy atom. The van der Waals surface area contributed by atoms with Gasteiger partial charge in [0.25, 0.3) is 10.0 Å². The molecule has 1 saturated carbocycles. The molecule has 1 aliphatic carbocycles. The summed E-state index contributed by atoms with van der Waals surface area (Å²) in [5.41, 5.74) is 0.209. The van der Waals surface area contributed by atoms with Gasteiger partial charge in [-0.15, -0.1) is 0 Å². The highest BCUT2D eigenvalue weighted by atomic mass is 35.5. The number of halogens is 2. The first kappa shape index (κ1) is 23.3. The summed E-state index contributed by atoms with van der Waals surface area (Å²) in [5, 5.41) is 4.04. The fraction of sp³-hybridized carbons (Fsp3) is 0.381. The summed E-state index contributed by atoms with van der Waals surface area (Å²) >= 11 is 14.1. The van der Waals surface area contributed by atoms with Crippen LogP contribution in [0, 0.1) is 0 Å². The maximum atomic E-state index is 13.3. The van der Waals surface area contributed by atoms with Crippen molar-refractivity contribution in [3.63, 3.8) is 0 Å². The third-order valence-electron chi connectivity index (χ3n) is 4.88. The van der Waals surface area contributed by atoms with Crippen molar-refractivity contribution in [1.29, 1.82) is 0 Å². The van der Waals surface area contributed by atoms with Crippen molar-refractivity contribution in [2.24, 2.45) is 0 Å². The zero-order valence-electron chi connectivity index (χ0n) is 16.4. The molecular formula is C21H24Cl2N2O3S2. The highest BCUT2D eigenvalue weighted by molar-refractivity contribution is 7.99. The number of carbonyl (C=O) groups excluding carboxylic acids is 1. The van der Waals surface area contributed by atoms with Gasteiger partial charge in [-0.3, -0.25) is 9.10 Å². The highest BCUT2D eigenvalue weighted by Crippen LogP contribution is 2.32. The van der Waals surface area contributed by atoms with Crippen LogP contribution in [0.1, 0.15) is 25.7 Å². The number of anilines is 1. The zero-order chi connectivity index (χ0) is 21.6. The van der Waals surface area contributed by atoms with Gasteiger partial charge in [0.1, 0.15) is 6.54 Å². The predicted molar refractivity (Wildman–Crippen MR) is 125 cm³/mol. The Balaban J connectivity index is 1.73. The first-order valence-electron chi connectivity index (χ1n) is 9.79. The average Bonchev–Trinajstić information content (AvgIpc) is 3.24. The van der Waals surface area contributed by atoms with Crippen LogP contribution in [0.5, 0.6) is 0 Å². The number of nitrogens with one attached hydrogen (secondary N) is 1. The molecule has 0 aromatic heterocycles. The van der Waals surface area contributed by atoms with Gasteiger partial charge in [0.05, 0.1) is 15.6 Å². The third-order valence-corrected chi connectivity index (χ3v) is 8.57. The summed E-state index contributed by atoms with van der Waals surface area (Å²) < 4.78 is 27.5. The number of amides is 1. The molecule has 162 valence electrons. The van der Waals surface area contributed by atoms with E-state index in [0.717, 1.165) is 10.1 Å².